The molecule has 0 atom stereocenters. The molecule has 144 valence electrons. The molecule has 0 aliphatic carbocycles. The van der Waals surface area contributed by atoms with E-state index in [9.17, 15) is 4.79 Å². The molecule has 1 aliphatic rings. The number of carbonyl (C=O) groups is 1. The van der Waals surface area contributed by atoms with Crippen LogP contribution in [0.5, 0.6) is 0 Å². The highest BCUT2D eigenvalue weighted by Crippen LogP contribution is 2.25. The number of nitrogens with one attached hydrogen (secondary N) is 2. The van der Waals surface area contributed by atoms with E-state index in [-0.39, 0.29) is 5.91 Å². The van der Waals surface area contributed by atoms with E-state index >= 15 is 0 Å². The lowest BCUT2D eigenvalue weighted by Gasteiger charge is -2.26. The molecule has 0 unspecified atom stereocenters. The van der Waals surface area contributed by atoms with Gasteiger partial charge in [0.25, 0.3) is 5.91 Å². The zero-order chi connectivity index (χ0) is 19.2. The van der Waals surface area contributed by atoms with Gasteiger partial charge in [0.15, 0.2) is 0 Å². The van der Waals surface area contributed by atoms with E-state index in [4.69, 9.17) is 4.74 Å². The number of hydrogen-bond donors (Lipinski definition) is 2. The second kappa shape index (κ2) is 8.92. The lowest BCUT2D eigenvalue weighted by molar-refractivity contribution is 0.0383. The standard InChI is InChI=1S/C20H27N5O2/c1-14-10-15(2)19(16(3)11-14)24-18-12-17(22-13-23-18)20(26)21-4-5-25-6-8-27-9-7-25/h10-13H,4-9H2,1-3H3,(H,21,26)(H,22,23,24). The van der Waals surface area contributed by atoms with Gasteiger partial charge in [-0.3, -0.25) is 9.69 Å². The number of hydrogen-bond acceptors (Lipinski definition) is 6. The topological polar surface area (TPSA) is 79.4 Å². The van der Waals surface area contributed by atoms with Crippen molar-refractivity contribution in [2.45, 2.75) is 20.8 Å². The number of rotatable bonds is 6. The average molecular weight is 369 g/mol. The Hall–Kier alpha value is -2.51. The summed E-state index contributed by atoms with van der Waals surface area (Å²) in [6.07, 6.45) is 1.41. The van der Waals surface area contributed by atoms with Crippen molar-refractivity contribution < 1.29 is 9.53 Å². The molecule has 27 heavy (non-hydrogen) atoms. The van der Waals surface area contributed by atoms with Gasteiger partial charge in [0, 0.05) is 37.9 Å². The number of nitrogens with zero attached hydrogens (tertiary/aromatic N) is 3. The van der Waals surface area contributed by atoms with E-state index in [1.807, 2.05) is 0 Å². The van der Waals surface area contributed by atoms with Crippen LogP contribution in [0.3, 0.4) is 0 Å². The third kappa shape index (κ3) is 5.24. The molecule has 1 aromatic heterocycles. The van der Waals surface area contributed by atoms with E-state index in [1.54, 1.807) is 6.07 Å². The fourth-order valence-corrected chi connectivity index (χ4v) is 3.30. The van der Waals surface area contributed by atoms with Crippen molar-refractivity contribution in [1.29, 1.82) is 0 Å². The number of ether oxygens (including phenoxy) is 1. The predicted molar refractivity (Wildman–Crippen MR) is 106 cm³/mol. The van der Waals surface area contributed by atoms with Crippen molar-refractivity contribution in [2.75, 3.05) is 44.7 Å². The predicted octanol–water partition coefficient (Wildman–Crippen LogP) is 2.21. The fraction of sp³-hybridized carbons (Fsp3) is 0.450. The summed E-state index contributed by atoms with van der Waals surface area (Å²) in [6, 6.07) is 5.92. The van der Waals surface area contributed by atoms with Crippen LogP contribution in [0, 0.1) is 20.8 Å². The Morgan fingerprint density at radius 1 is 1.11 bits per heavy atom. The average Bonchev–Trinajstić information content (AvgIpc) is 2.66. The van der Waals surface area contributed by atoms with Crippen molar-refractivity contribution in [3.05, 3.63) is 46.9 Å². The lowest BCUT2D eigenvalue weighted by atomic mass is 10.1. The number of aromatic nitrogens is 2. The Bertz CT molecular complexity index is 780. The molecule has 1 amide bonds. The van der Waals surface area contributed by atoms with Gasteiger partial charge in [0.1, 0.15) is 17.8 Å². The Balaban J connectivity index is 1.60. The van der Waals surface area contributed by atoms with Gasteiger partial charge in [-0.05, 0) is 31.9 Å². The summed E-state index contributed by atoms with van der Waals surface area (Å²) >= 11 is 0. The van der Waals surface area contributed by atoms with E-state index in [1.165, 1.54) is 11.9 Å². The highest BCUT2D eigenvalue weighted by atomic mass is 16.5. The monoisotopic (exact) mass is 369 g/mol. The van der Waals surface area contributed by atoms with Crippen LogP contribution in [0.2, 0.25) is 0 Å². The maximum atomic E-state index is 12.4. The Kier molecular flexibility index (Phi) is 6.36. The molecule has 1 aliphatic heterocycles. The molecule has 1 aromatic carbocycles. The summed E-state index contributed by atoms with van der Waals surface area (Å²) in [5.74, 6) is 0.421. The molecular formula is C20H27N5O2. The second-order valence-corrected chi connectivity index (χ2v) is 6.90. The van der Waals surface area contributed by atoms with Crippen LogP contribution in [0.4, 0.5) is 11.5 Å². The van der Waals surface area contributed by atoms with E-state index in [0.29, 0.717) is 18.1 Å². The number of anilines is 2. The minimum atomic E-state index is -0.189. The molecule has 0 saturated carbocycles. The van der Waals surface area contributed by atoms with Crippen molar-refractivity contribution in [1.82, 2.24) is 20.2 Å². The first-order chi connectivity index (χ1) is 13.0. The summed E-state index contributed by atoms with van der Waals surface area (Å²) in [7, 11) is 0. The highest BCUT2D eigenvalue weighted by molar-refractivity contribution is 5.93. The third-order valence-corrected chi connectivity index (χ3v) is 4.65. The van der Waals surface area contributed by atoms with Gasteiger partial charge in [-0.25, -0.2) is 9.97 Å². The maximum Gasteiger partial charge on any atom is 0.270 e. The molecule has 2 aromatic rings. The van der Waals surface area contributed by atoms with Gasteiger partial charge in [-0.2, -0.15) is 0 Å². The first-order valence-electron chi connectivity index (χ1n) is 9.28. The highest BCUT2D eigenvalue weighted by Gasteiger charge is 2.13. The van der Waals surface area contributed by atoms with Crippen LogP contribution in [0.25, 0.3) is 0 Å². The molecule has 1 fully saturated rings. The second-order valence-electron chi connectivity index (χ2n) is 6.90. The zero-order valence-corrected chi connectivity index (χ0v) is 16.2. The van der Waals surface area contributed by atoms with Crippen LogP contribution in [-0.4, -0.2) is 60.2 Å². The fourth-order valence-electron chi connectivity index (χ4n) is 3.30. The van der Waals surface area contributed by atoms with Crippen LogP contribution < -0.4 is 10.6 Å². The molecule has 0 bridgehead atoms. The summed E-state index contributed by atoms with van der Waals surface area (Å²) < 4.78 is 5.33. The largest absolute Gasteiger partial charge is 0.379 e. The van der Waals surface area contributed by atoms with Crippen LogP contribution in [0.15, 0.2) is 24.5 Å². The summed E-state index contributed by atoms with van der Waals surface area (Å²) in [5.41, 5.74) is 4.87. The molecular weight excluding hydrogens is 342 g/mol. The Labute approximate surface area is 160 Å². The number of morpholine rings is 1. The molecule has 2 N–H and O–H groups in total. The van der Waals surface area contributed by atoms with Gasteiger partial charge < -0.3 is 15.4 Å². The molecule has 7 nitrogen and oxygen atoms in total. The number of amides is 1. The summed E-state index contributed by atoms with van der Waals surface area (Å²) in [4.78, 5) is 23.0. The van der Waals surface area contributed by atoms with Gasteiger partial charge in [-0.1, -0.05) is 17.7 Å². The smallest absolute Gasteiger partial charge is 0.270 e. The van der Waals surface area contributed by atoms with Crippen LogP contribution in [0.1, 0.15) is 27.2 Å². The van der Waals surface area contributed by atoms with Gasteiger partial charge in [0.05, 0.1) is 13.2 Å². The maximum absolute atomic E-state index is 12.4. The minimum absolute atomic E-state index is 0.189. The molecule has 2 heterocycles. The van der Waals surface area contributed by atoms with Gasteiger partial charge in [-0.15, -0.1) is 0 Å². The Morgan fingerprint density at radius 3 is 2.52 bits per heavy atom. The Morgan fingerprint density at radius 2 is 1.81 bits per heavy atom. The molecule has 0 radical (unpaired) electrons. The van der Waals surface area contributed by atoms with Crippen LogP contribution in [-0.2, 0) is 4.74 Å². The normalized spacial score (nSPS) is 14.8. The summed E-state index contributed by atoms with van der Waals surface area (Å²) in [6.45, 7) is 10.9. The molecule has 0 spiro atoms. The van der Waals surface area contributed by atoms with Gasteiger partial charge >= 0.3 is 0 Å². The van der Waals surface area contributed by atoms with E-state index in [0.717, 1.165) is 49.7 Å². The minimum Gasteiger partial charge on any atom is -0.379 e. The summed E-state index contributed by atoms with van der Waals surface area (Å²) in [5, 5.41) is 6.25. The number of carbonyl (C=O) groups excluding carboxylic acids is 1. The molecule has 7 heteroatoms. The molecule has 1 saturated heterocycles. The SMILES string of the molecule is Cc1cc(C)c(Nc2cc(C(=O)NCCN3CCOCC3)ncn2)c(C)c1. The third-order valence-electron chi connectivity index (χ3n) is 4.65. The first kappa shape index (κ1) is 19.3. The molecule has 3 rings (SSSR count). The van der Waals surface area contributed by atoms with E-state index < -0.39 is 0 Å². The van der Waals surface area contributed by atoms with Crippen LogP contribution >= 0.6 is 0 Å². The zero-order valence-electron chi connectivity index (χ0n) is 16.2. The first-order valence-corrected chi connectivity index (χ1v) is 9.28. The van der Waals surface area contributed by atoms with Crippen molar-refractivity contribution in [3.8, 4) is 0 Å². The van der Waals surface area contributed by atoms with Gasteiger partial charge in [0.2, 0.25) is 0 Å². The van der Waals surface area contributed by atoms with Crippen molar-refractivity contribution >= 4 is 17.4 Å². The lowest BCUT2D eigenvalue weighted by Crippen LogP contribution is -2.41. The quantitative estimate of drug-likeness (QED) is 0.813. The van der Waals surface area contributed by atoms with E-state index in [2.05, 4.69) is 58.4 Å². The van der Waals surface area contributed by atoms with Crippen molar-refractivity contribution in [3.63, 3.8) is 0 Å². The number of benzene rings is 1. The van der Waals surface area contributed by atoms with Crippen molar-refractivity contribution in [2.24, 2.45) is 0 Å². The number of aryl methyl sites for hydroxylation is 3.